The zero-order valence-electron chi connectivity index (χ0n) is 13.4. The number of nitrogens with zero attached hydrogens (tertiary/aromatic N) is 1. The summed E-state index contributed by atoms with van der Waals surface area (Å²) in [6.45, 7) is 3.97. The van der Waals surface area contributed by atoms with Crippen LogP contribution in [0.1, 0.15) is 30.5 Å². The van der Waals surface area contributed by atoms with Crippen LogP contribution in [0.2, 0.25) is 0 Å². The van der Waals surface area contributed by atoms with E-state index in [2.05, 4.69) is 0 Å². The van der Waals surface area contributed by atoms with E-state index in [1.54, 1.807) is 16.4 Å². The molecule has 1 aliphatic rings. The second-order valence-electron chi connectivity index (χ2n) is 5.86. The molecular formula is C19H21NO2S. The third-order valence-electron chi connectivity index (χ3n) is 4.27. The summed E-state index contributed by atoms with van der Waals surface area (Å²) < 4.78 is 28.0. The van der Waals surface area contributed by atoms with Crippen molar-refractivity contribution in [1.82, 2.24) is 4.31 Å². The number of sulfonamides is 1. The van der Waals surface area contributed by atoms with E-state index in [1.807, 2.05) is 68.5 Å². The van der Waals surface area contributed by atoms with Crippen LogP contribution in [-0.2, 0) is 10.0 Å². The molecule has 23 heavy (non-hydrogen) atoms. The molecule has 1 heterocycles. The smallest absolute Gasteiger partial charge is 0.207 e. The highest BCUT2D eigenvalue weighted by Crippen LogP contribution is 2.36. The lowest BCUT2D eigenvalue weighted by Gasteiger charge is -2.29. The van der Waals surface area contributed by atoms with Gasteiger partial charge < -0.3 is 0 Å². The topological polar surface area (TPSA) is 37.4 Å². The number of hydrogen-bond donors (Lipinski definition) is 0. The summed E-state index contributed by atoms with van der Waals surface area (Å²) in [4.78, 5) is 0.353. The third-order valence-corrected chi connectivity index (χ3v) is 6.19. The molecule has 0 fully saturated rings. The second kappa shape index (κ2) is 6.30. The molecule has 0 amide bonds. The average Bonchev–Trinajstić information content (AvgIpc) is 3.01. The van der Waals surface area contributed by atoms with Crippen LogP contribution in [0.3, 0.4) is 0 Å². The van der Waals surface area contributed by atoms with Crippen LogP contribution in [0.15, 0.2) is 71.6 Å². The average molecular weight is 327 g/mol. The van der Waals surface area contributed by atoms with Crippen LogP contribution in [0, 0.1) is 6.92 Å². The first-order valence-corrected chi connectivity index (χ1v) is 9.31. The molecule has 0 spiro atoms. The van der Waals surface area contributed by atoms with Gasteiger partial charge in [0.05, 0.1) is 10.9 Å². The van der Waals surface area contributed by atoms with Crippen LogP contribution in [0.25, 0.3) is 0 Å². The Morgan fingerprint density at radius 3 is 2.22 bits per heavy atom. The maximum absolute atomic E-state index is 13.2. The van der Waals surface area contributed by atoms with Crippen LogP contribution in [0.5, 0.6) is 0 Å². The van der Waals surface area contributed by atoms with E-state index in [-0.39, 0.29) is 12.1 Å². The highest BCUT2D eigenvalue weighted by Gasteiger charge is 2.38. The van der Waals surface area contributed by atoms with E-state index in [0.29, 0.717) is 4.90 Å². The molecule has 4 heteroatoms. The minimum absolute atomic E-state index is 0.105. The minimum atomic E-state index is -3.54. The Bertz CT molecular complexity index is 795. The quantitative estimate of drug-likeness (QED) is 0.794. The Balaban J connectivity index is 2.04. The minimum Gasteiger partial charge on any atom is -0.207 e. The van der Waals surface area contributed by atoms with Gasteiger partial charge >= 0.3 is 0 Å². The van der Waals surface area contributed by atoms with Crippen molar-refractivity contribution in [3.05, 3.63) is 77.9 Å². The van der Waals surface area contributed by atoms with Crippen LogP contribution in [0.4, 0.5) is 0 Å². The van der Waals surface area contributed by atoms with Gasteiger partial charge in [-0.3, -0.25) is 0 Å². The molecule has 0 unspecified atom stereocenters. The fourth-order valence-corrected chi connectivity index (χ4v) is 4.78. The summed E-state index contributed by atoms with van der Waals surface area (Å²) in [7, 11) is -3.54. The van der Waals surface area contributed by atoms with Gasteiger partial charge in [-0.1, -0.05) is 67.1 Å². The fourth-order valence-electron chi connectivity index (χ4n) is 2.99. The number of rotatable bonds is 4. The molecule has 2 atom stereocenters. The lowest BCUT2D eigenvalue weighted by atomic mass is 10.1. The van der Waals surface area contributed by atoms with E-state index in [9.17, 15) is 8.42 Å². The van der Waals surface area contributed by atoms with Crippen molar-refractivity contribution < 1.29 is 8.42 Å². The van der Waals surface area contributed by atoms with Gasteiger partial charge in [0.2, 0.25) is 10.0 Å². The summed E-state index contributed by atoms with van der Waals surface area (Å²) in [6.07, 6.45) is 4.75. The van der Waals surface area contributed by atoms with Crippen LogP contribution in [-0.4, -0.2) is 18.8 Å². The van der Waals surface area contributed by atoms with Crippen molar-refractivity contribution in [2.24, 2.45) is 0 Å². The van der Waals surface area contributed by atoms with Crippen molar-refractivity contribution in [2.45, 2.75) is 37.2 Å². The van der Waals surface area contributed by atoms with Crippen molar-refractivity contribution in [3.8, 4) is 0 Å². The van der Waals surface area contributed by atoms with E-state index in [0.717, 1.165) is 17.5 Å². The molecule has 1 aliphatic heterocycles. The molecule has 0 aromatic heterocycles. The lowest BCUT2D eigenvalue weighted by Crippen LogP contribution is -2.37. The molecule has 3 nitrogen and oxygen atoms in total. The molecule has 2 aromatic carbocycles. The maximum atomic E-state index is 13.2. The second-order valence-corrected chi connectivity index (χ2v) is 7.71. The molecule has 0 bridgehead atoms. The molecule has 0 aliphatic carbocycles. The van der Waals surface area contributed by atoms with Gasteiger partial charge in [-0.2, -0.15) is 4.31 Å². The van der Waals surface area contributed by atoms with Crippen LogP contribution >= 0.6 is 0 Å². The molecule has 120 valence electrons. The SMILES string of the molecule is CC[C@@H]1C=C[C@@H](c2ccccc2)N1S(=O)(=O)c1ccc(C)cc1. The van der Waals surface area contributed by atoms with Crippen molar-refractivity contribution in [1.29, 1.82) is 0 Å². The van der Waals surface area contributed by atoms with Gasteiger partial charge in [0.15, 0.2) is 0 Å². The number of aryl methyl sites for hydroxylation is 1. The van der Waals surface area contributed by atoms with Crippen molar-refractivity contribution >= 4 is 10.0 Å². The van der Waals surface area contributed by atoms with Crippen LogP contribution < -0.4 is 0 Å². The summed E-state index contributed by atoms with van der Waals surface area (Å²) in [5.41, 5.74) is 2.05. The van der Waals surface area contributed by atoms with Gasteiger partial charge in [-0.05, 0) is 31.0 Å². The Labute approximate surface area is 138 Å². The van der Waals surface area contributed by atoms with Gasteiger partial charge in [0, 0.05) is 6.04 Å². The number of benzene rings is 2. The first-order chi connectivity index (χ1) is 11.0. The Kier molecular flexibility index (Phi) is 4.37. The van der Waals surface area contributed by atoms with Crippen molar-refractivity contribution in [3.63, 3.8) is 0 Å². The Morgan fingerprint density at radius 1 is 0.957 bits per heavy atom. The van der Waals surface area contributed by atoms with E-state index in [1.165, 1.54) is 0 Å². The number of hydrogen-bond acceptors (Lipinski definition) is 2. The van der Waals surface area contributed by atoms with Gasteiger partial charge in [-0.25, -0.2) is 8.42 Å². The van der Waals surface area contributed by atoms with Crippen molar-refractivity contribution in [2.75, 3.05) is 0 Å². The molecular weight excluding hydrogens is 306 g/mol. The standard InChI is InChI=1S/C19H21NO2S/c1-3-17-11-14-19(16-7-5-4-6-8-16)20(17)23(21,22)18-12-9-15(2)10-13-18/h4-14,17,19H,3H2,1-2H3/t17-,19+/m1/s1. The zero-order chi connectivity index (χ0) is 16.4. The predicted octanol–water partition coefficient (Wildman–Crippen LogP) is 4.08. The normalized spacial score (nSPS) is 21.7. The Morgan fingerprint density at radius 2 is 1.61 bits per heavy atom. The highest BCUT2D eigenvalue weighted by molar-refractivity contribution is 7.89. The molecule has 0 N–H and O–H groups in total. The summed E-state index contributed by atoms with van der Waals surface area (Å²) in [5, 5.41) is 0. The van der Waals surface area contributed by atoms with Gasteiger partial charge in [0.1, 0.15) is 0 Å². The largest absolute Gasteiger partial charge is 0.244 e. The third kappa shape index (κ3) is 2.96. The molecule has 2 aromatic rings. The van der Waals surface area contributed by atoms with E-state index in [4.69, 9.17) is 0 Å². The van der Waals surface area contributed by atoms with E-state index < -0.39 is 10.0 Å². The highest BCUT2D eigenvalue weighted by atomic mass is 32.2. The first kappa shape index (κ1) is 16.0. The monoisotopic (exact) mass is 327 g/mol. The van der Waals surface area contributed by atoms with E-state index >= 15 is 0 Å². The summed E-state index contributed by atoms with van der Waals surface area (Å²) >= 11 is 0. The molecule has 0 saturated heterocycles. The zero-order valence-corrected chi connectivity index (χ0v) is 14.2. The lowest BCUT2D eigenvalue weighted by molar-refractivity contribution is 0.339. The molecule has 3 rings (SSSR count). The molecule has 0 saturated carbocycles. The first-order valence-electron chi connectivity index (χ1n) is 7.87. The summed E-state index contributed by atoms with van der Waals surface area (Å²) in [5.74, 6) is 0. The fraction of sp³-hybridized carbons (Fsp3) is 0.263. The van der Waals surface area contributed by atoms with Gasteiger partial charge in [0.25, 0.3) is 0 Å². The summed E-state index contributed by atoms with van der Waals surface area (Å²) in [6, 6.07) is 16.5. The Hall–Kier alpha value is -1.91. The van der Waals surface area contributed by atoms with Gasteiger partial charge in [-0.15, -0.1) is 0 Å². The maximum Gasteiger partial charge on any atom is 0.244 e. The predicted molar refractivity (Wildman–Crippen MR) is 92.6 cm³/mol. The molecule has 0 radical (unpaired) electrons.